The minimum absolute atomic E-state index is 0.562. The van der Waals surface area contributed by atoms with Gasteiger partial charge >= 0.3 is 0 Å². The number of benzene rings is 1. The molecular formula is C18H25N5O2. The summed E-state index contributed by atoms with van der Waals surface area (Å²) in [6, 6.07) is 7.69. The molecule has 1 aromatic carbocycles. The third kappa shape index (κ3) is 4.96. The van der Waals surface area contributed by atoms with E-state index in [9.17, 15) is 0 Å². The van der Waals surface area contributed by atoms with Crippen molar-refractivity contribution in [3.05, 3.63) is 30.0 Å². The van der Waals surface area contributed by atoms with Crippen LogP contribution in [-0.2, 0) is 0 Å². The molecule has 25 heavy (non-hydrogen) atoms. The number of nitrogens with one attached hydrogen (secondary N) is 2. The van der Waals surface area contributed by atoms with Gasteiger partial charge in [-0.1, -0.05) is 0 Å². The lowest BCUT2D eigenvalue weighted by molar-refractivity contribution is 0.171. The molecule has 1 aromatic heterocycles. The van der Waals surface area contributed by atoms with Gasteiger partial charge in [0.2, 0.25) is 5.95 Å². The van der Waals surface area contributed by atoms with E-state index in [1.165, 1.54) is 0 Å². The van der Waals surface area contributed by atoms with Gasteiger partial charge in [-0.05, 0) is 46.1 Å². The van der Waals surface area contributed by atoms with E-state index in [4.69, 9.17) is 9.47 Å². The summed E-state index contributed by atoms with van der Waals surface area (Å²) in [4.78, 5) is 11.2. The van der Waals surface area contributed by atoms with Crippen LogP contribution in [0.1, 0.15) is 12.1 Å². The van der Waals surface area contributed by atoms with Gasteiger partial charge in [0.15, 0.2) is 11.5 Å². The highest BCUT2D eigenvalue weighted by molar-refractivity contribution is 5.61. The monoisotopic (exact) mass is 343 g/mol. The van der Waals surface area contributed by atoms with Crippen LogP contribution in [0.2, 0.25) is 0 Å². The molecule has 0 aliphatic carbocycles. The topological polar surface area (TPSA) is 71.5 Å². The zero-order chi connectivity index (χ0) is 17.6. The van der Waals surface area contributed by atoms with Crippen LogP contribution in [0.4, 0.5) is 17.5 Å². The molecule has 0 atom stereocenters. The number of aromatic nitrogens is 2. The number of hydrogen-bond acceptors (Lipinski definition) is 7. The molecule has 3 rings (SSSR count). The summed E-state index contributed by atoms with van der Waals surface area (Å²) < 4.78 is 11.2. The van der Waals surface area contributed by atoms with Crippen molar-refractivity contribution in [1.82, 2.24) is 14.9 Å². The Bertz CT molecular complexity index is 721. The van der Waals surface area contributed by atoms with Gasteiger partial charge in [0, 0.05) is 30.1 Å². The molecule has 1 aliphatic heterocycles. The first-order chi connectivity index (χ1) is 12.1. The molecule has 0 fully saturated rings. The predicted octanol–water partition coefficient (Wildman–Crippen LogP) is 2.66. The minimum Gasteiger partial charge on any atom is -0.486 e. The molecule has 0 saturated carbocycles. The SMILES string of the molecule is Cc1cc(NCCCN(C)C)nc(Nc2ccc3c(c2)OCCO3)n1. The fourth-order valence-electron chi connectivity index (χ4n) is 2.58. The van der Waals surface area contributed by atoms with E-state index in [1.54, 1.807) is 0 Å². The average molecular weight is 343 g/mol. The summed E-state index contributed by atoms with van der Waals surface area (Å²) in [6.45, 7) is 5.03. The Hall–Kier alpha value is -2.54. The number of nitrogens with zero attached hydrogens (tertiary/aromatic N) is 3. The first kappa shape index (κ1) is 17.3. The Labute approximate surface area is 148 Å². The molecule has 0 amide bonds. The van der Waals surface area contributed by atoms with Gasteiger partial charge in [0.1, 0.15) is 19.0 Å². The molecule has 0 bridgehead atoms. The van der Waals surface area contributed by atoms with Crippen molar-refractivity contribution < 1.29 is 9.47 Å². The van der Waals surface area contributed by atoms with Crippen molar-refractivity contribution >= 4 is 17.5 Å². The highest BCUT2D eigenvalue weighted by Crippen LogP contribution is 2.33. The van der Waals surface area contributed by atoms with Gasteiger partial charge in [-0.2, -0.15) is 4.98 Å². The largest absolute Gasteiger partial charge is 0.486 e. The summed E-state index contributed by atoms with van der Waals surface area (Å²) in [6.07, 6.45) is 1.06. The van der Waals surface area contributed by atoms with Gasteiger partial charge in [-0.15, -0.1) is 0 Å². The molecule has 0 radical (unpaired) electrons. The number of rotatable bonds is 7. The van der Waals surface area contributed by atoms with E-state index < -0.39 is 0 Å². The van der Waals surface area contributed by atoms with Crippen LogP contribution in [0.3, 0.4) is 0 Å². The van der Waals surface area contributed by atoms with Gasteiger partial charge in [0.25, 0.3) is 0 Å². The third-order valence-electron chi connectivity index (χ3n) is 3.74. The molecule has 0 saturated heterocycles. The van der Waals surface area contributed by atoms with Crippen molar-refractivity contribution in [2.24, 2.45) is 0 Å². The molecule has 134 valence electrons. The van der Waals surface area contributed by atoms with Crippen LogP contribution in [0, 0.1) is 6.92 Å². The Balaban J connectivity index is 1.66. The lowest BCUT2D eigenvalue weighted by Gasteiger charge is -2.19. The van der Waals surface area contributed by atoms with Crippen molar-refractivity contribution in [3.8, 4) is 11.5 Å². The standard InChI is InChI=1S/C18H25N5O2/c1-13-11-17(19-7-4-8-23(2)3)22-18(20-13)21-14-5-6-15-16(12-14)25-10-9-24-15/h5-6,11-12H,4,7-10H2,1-3H3,(H2,19,20,21,22). The van der Waals surface area contributed by atoms with Gasteiger partial charge < -0.3 is 25.0 Å². The second kappa shape index (κ2) is 8.02. The predicted molar refractivity (Wildman–Crippen MR) is 99.1 cm³/mol. The third-order valence-corrected chi connectivity index (χ3v) is 3.74. The average Bonchev–Trinajstić information content (AvgIpc) is 2.58. The highest BCUT2D eigenvalue weighted by Gasteiger charge is 2.12. The van der Waals surface area contributed by atoms with Gasteiger partial charge in [-0.3, -0.25) is 0 Å². The summed E-state index contributed by atoms with van der Waals surface area (Å²) in [7, 11) is 4.15. The molecule has 0 spiro atoms. The van der Waals surface area contributed by atoms with Crippen LogP contribution in [-0.4, -0.2) is 55.3 Å². The summed E-state index contributed by atoms with van der Waals surface area (Å²) in [5, 5.41) is 6.59. The van der Waals surface area contributed by atoms with Gasteiger partial charge in [-0.25, -0.2) is 4.98 Å². The molecule has 2 N–H and O–H groups in total. The maximum atomic E-state index is 5.61. The Morgan fingerprint density at radius 1 is 1.08 bits per heavy atom. The summed E-state index contributed by atoms with van der Waals surface area (Å²) in [5.41, 5.74) is 1.78. The fraction of sp³-hybridized carbons (Fsp3) is 0.444. The van der Waals surface area contributed by atoms with E-state index in [0.29, 0.717) is 19.2 Å². The van der Waals surface area contributed by atoms with E-state index in [-0.39, 0.29) is 0 Å². The Kier molecular flexibility index (Phi) is 5.55. The minimum atomic E-state index is 0.562. The molecule has 2 heterocycles. The van der Waals surface area contributed by atoms with E-state index in [0.717, 1.165) is 48.2 Å². The van der Waals surface area contributed by atoms with Crippen LogP contribution in [0.25, 0.3) is 0 Å². The second-order valence-electron chi connectivity index (χ2n) is 6.29. The lowest BCUT2D eigenvalue weighted by atomic mass is 10.2. The number of ether oxygens (including phenoxy) is 2. The molecule has 7 nitrogen and oxygen atoms in total. The summed E-state index contributed by atoms with van der Waals surface area (Å²) in [5.74, 6) is 2.90. The molecule has 0 unspecified atom stereocenters. The van der Waals surface area contributed by atoms with Crippen LogP contribution in [0.15, 0.2) is 24.3 Å². The highest BCUT2D eigenvalue weighted by atomic mass is 16.6. The maximum absolute atomic E-state index is 5.61. The van der Waals surface area contributed by atoms with Crippen LogP contribution >= 0.6 is 0 Å². The number of hydrogen-bond donors (Lipinski definition) is 2. The van der Waals surface area contributed by atoms with Crippen LogP contribution < -0.4 is 20.1 Å². The van der Waals surface area contributed by atoms with Crippen LogP contribution in [0.5, 0.6) is 11.5 Å². The fourth-order valence-corrected chi connectivity index (χ4v) is 2.58. The Morgan fingerprint density at radius 2 is 1.88 bits per heavy atom. The number of aryl methyl sites for hydroxylation is 1. The zero-order valence-corrected chi connectivity index (χ0v) is 15.0. The first-order valence-corrected chi connectivity index (χ1v) is 8.51. The molecular weight excluding hydrogens is 318 g/mol. The van der Waals surface area contributed by atoms with E-state index in [1.807, 2.05) is 31.2 Å². The number of fused-ring (bicyclic) bond motifs is 1. The molecule has 2 aromatic rings. The van der Waals surface area contributed by atoms with Crippen molar-refractivity contribution in [1.29, 1.82) is 0 Å². The smallest absolute Gasteiger partial charge is 0.229 e. The lowest BCUT2D eigenvalue weighted by Crippen LogP contribution is -2.17. The van der Waals surface area contributed by atoms with E-state index in [2.05, 4.69) is 39.6 Å². The van der Waals surface area contributed by atoms with E-state index >= 15 is 0 Å². The van der Waals surface area contributed by atoms with Crippen molar-refractivity contribution in [2.75, 3.05) is 51.0 Å². The molecule has 1 aliphatic rings. The maximum Gasteiger partial charge on any atom is 0.229 e. The molecule has 7 heteroatoms. The first-order valence-electron chi connectivity index (χ1n) is 8.51. The number of anilines is 3. The second-order valence-corrected chi connectivity index (χ2v) is 6.29. The van der Waals surface area contributed by atoms with Crippen molar-refractivity contribution in [3.63, 3.8) is 0 Å². The summed E-state index contributed by atoms with van der Waals surface area (Å²) >= 11 is 0. The normalized spacial score (nSPS) is 13.0. The quantitative estimate of drug-likeness (QED) is 0.749. The Morgan fingerprint density at radius 3 is 2.68 bits per heavy atom. The van der Waals surface area contributed by atoms with Gasteiger partial charge in [0.05, 0.1) is 0 Å². The van der Waals surface area contributed by atoms with Crippen molar-refractivity contribution in [2.45, 2.75) is 13.3 Å². The zero-order valence-electron chi connectivity index (χ0n) is 15.0.